The molecular weight excluding hydrogens is 178 g/mol. The molecule has 1 aliphatic carbocycles. The van der Waals surface area contributed by atoms with Crippen LogP contribution in [0.15, 0.2) is 6.20 Å². The van der Waals surface area contributed by atoms with Gasteiger partial charge in [-0.15, -0.1) is 0 Å². The van der Waals surface area contributed by atoms with Gasteiger partial charge in [0.2, 0.25) is 11.8 Å². The zero-order chi connectivity index (χ0) is 9.97. The fourth-order valence-corrected chi connectivity index (χ4v) is 1.31. The van der Waals surface area contributed by atoms with Crippen molar-refractivity contribution in [2.75, 3.05) is 12.4 Å². The van der Waals surface area contributed by atoms with Crippen LogP contribution in [0.4, 0.5) is 5.95 Å². The summed E-state index contributed by atoms with van der Waals surface area (Å²) in [5.74, 6) is 1.33. The average molecular weight is 193 g/mol. The summed E-state index contributed by atoms with van der Waals surface area (Å²) >= 11 is 0. The van der Waals surface area contributed by atoms with E-state index in [1.807, 2.05) is 6.92 Å². The van der Waals surface area contributed by atoms with E-state index in [0.717, 1.165) is 18.4 Å². The summed E-state index contributed by atoms with van der Waals surface area (Å²) in [7, 11) is 1.80. The van der Waals surface area contributed by atoms with E-state index < -0.39 is 0 Å². The van der Waals surface area contributed by atoms with Crippen molar-refractivity contribution in [1.29, 1.82) is 0 Å². The topological polar surface area (TPSA) is 47.0 Å². The highest BCUT2D eigenvalue weighted by Crippen LogP contribution is 2.25. The van der Waals surface area contributed by atoms with E-state index in [-0.39, 0.29) is 0 Å². The van der Waals surface area contributed by atoms with E-state index in [9.17, 15) is 0 Å². The van der Waals surface area contributed by atoms with Gasteiger partial charge in [0.05, 0.1) is 0 Å². The minimum absolute atomic E-state index is 0.369. The van der Waals surface area contributed by atoms with Gasteiger partial charge < -0.3 is 10.1 Å². The number of rotatable bonds is 3. The van der Waals surface area contributed by atoms with Crippen LogP contribution in [0.3, 0.4) is 0 Å². The van der Waals surface area contributed by atoms with Gasteiger partial charge in [0, 0.05) is 18.8 Å². The molecule has 1 heterocycles. The smallest absolute Gasteiger partial charge is 0.225 e. The van der Waals surface area contributed by atoms with Crippen molar-refractivity contribution in [3.05, 3.63) is 11.8 Å². The van der Waals surface area contributed by atoms with Crippen molar-refractivity contribution >= 4 is 5.95 Å². The van der Waals surface area contributed by atoms with Crippen molar-refractivity contribution in [2.45, 2.75) is 32.3 Å². The molecule has 4 heteroatoms. The number of aromatic nitrogens is 2. The van der Waals surface area contributed by atoms with E-state index in [2.05, 4.69) is 15.3 Å². The molecule has 0 atom stereocenters. The molecule has 0 saturated heterocycles. The van der Waals surface area contributed by atoms with Crippen LogP contribution in [0.1, 0.15) is 24.8 Å². The molecule has 4 nitrogen and oxygen atoms in total. The van der Waals surface area contributed by atoms with Crippen molar-refractivity contribution in [2.24, 2.45) is 0 Å². The molecule has 1 aromatic rings. The maximum atomic E-state index is 5.73. The molecule has 0 bridgehead atoms. The lowest BCUT2D eigenvalue weighted by molar-refractivity contribution is 0.113. The second-order valence-electron chi connectivity index (χ2n) is 3.60. The zero-order valence-electron chi connectivity index (χ0n) is 8.58. The molecule has 0 spiro atoms. The second-order valence-corrected chi connectivity index (χ2v) is 3.60. The first-order valence-corrected chi connectivity index (χ1v) is 4.97. The van der Waals surface area contributed by atoms with Crippen molar-refractivity contribution < 1.29 is 4.74 Å². The van der Waals surface area contributed by atoms with Gasteiger partial charge in [0.1, 0.15) is 6.10 Å². The summed E-state index contributed by atoms with van der Waals surface area (Å²) < 4.78 is 5.73. The normalized spacial score (nSPS) is 16.1. The average Bonchev–Trinajstić information content (AvgIpc) is 2.14. The maximum absolute atomic E-state index is 5.73. The van der Waals surface area contributed by atoms with Gasteiger partial charge in [-0.25, -0.2) is 4.98 Å². The predicted octanol–water partition coefficient (Wildman–Crippen LogP) is 1.76. The number of hydrogen-bond donors (Lipinski definition) is 1. The lowest BCUT2D eigenvalue weighted by Gasteiger charge is -2.26. The summed E-state index contributed by atoms with van der Waals surface area (Å²) in [6, 6.07) is 0. The van der Waals surface area contributed by atoms with Crippen LogP contribution in [-0.4, -0.2) is 23.1 Å². The molecule has 14 heavy (non-hydrogen) atoms. The van der Waals surface area contributed by atoms with E-state index >= 15 is 0 Å². The molecule has 0 aromatic carbocycles. The van der Waals surface area contributed by atoms with Gasteiger partial charge in [-0.1, -0.05) is 0 Å². The van der Waals surface area contributed by atoms with Gasteiger partial charge in [-0.2, -0.15) is 4.98 Å². The molecule has 0 aliphatic heterocycles. The predicted molar refractivity (Wildman–Crippen MR) is 54.6 cm³/mol. The molecule has 0 unspecified atom stereocenters. The van der Waals surface area contributed by atoms with Crippen molar-refractivity contribution in [1.82, 2.24) is 9.97 Å². The first-order valence-electron chi connectivity index (χ1n) is 4.97. The molecule has 1 saturated carbocycles. The summed E-state index contributed by atoms with van der Waals surface area (Å²) in [6.45, 7) is 1.97. The van der Waals surface area contributed by atoms with Crippen molar-refractivity contribution in [3.8, 4) is 5.88 Å². The Labute approximate surface area is 83.7 Å². The maximum Gasteiger partial charge on any atom is 0.225 e. The van der Waals surface area contributed by atoms with Gasteiger partial charge >= 0.3 is 0 Å². The van der Waals surface area contributed by atoms with Crippen LogP contribution in [0.25, 0.3) is 0 Å². The van der Waals surface area contributed by atoms with Crippen LogP contribution in [-0.2, 0) is 0 Å². The standard InChI is InChI=1S/C10H15N3O/c1-7-6-12-10(11-2)13-9(7)14-8-4-3-5-8/h6,8H,3-5H2,1-2H3,(H,11,12,13). The molecule has 2 rings (SSSR count). The molecule has 1 fully saturated rings. The lowest BCUT2D eigenvalue weighted by atomic mass is 9.96. The second kappa shape index (κ2) is 3.82. The first kappa shape index (κ1) is 9.24. The molecular formula is C10H15N3O. The highest BCUT2D eigenvalue weighted by molar-refractivity contribution is 5.32. The third-order valence-corrected chi connectivity index (χ3v) is 2.48. The number of nitrogens with zero attached hydrogens (tertiary/aromatic N) is 2. The molecule has 0 amide bonds. The van der Waals surface area contributed by atoms with E-state index in [4.69, 9.17) is 4.74 Å². The SMILES string of the molecule is CNc1ncc(C)c(OC2CCC2)n1. The summed E-state index contributed by atoms with van der Waals surface area (Å²) in [5.41, 5.74) is 0.996. The lowest BCUT2D eigenvalue weighted by Crippen LogP contribution is -2.25. The summed E-state index contributed by atoms with van der Waals surface area (Å²) in [6.07, 6.45) is 5.73. The zero-order valence-corrected chi connectivity index (χ0v) is 8.58. The van der Waals surface area contributed by atoms with Gasteiger partial charge in [0.15, 0.2) is 0 Å². The monoisotopic (exact) mass is 193 g/mol. The van der Waals surface area contributed by atoms with Gasteiger partial charge in [-0.3, -0.25) is 0 Å². The number of anilines is 1. The Morgan fingerprint density at radius 3 is 2.86 bits per heavy atom. The molecule has 0 radical (unpaired) electrons. The Hall–Kier alpha value is -1.32. The number of ether oxygens (including phenoxy) is 1. The summed E-state index contributed by atoms with van der Waals surface area (Å²) in [5, 5.41) is 2.90. The third-order valence-electron chi connectivity index (χ3n) is 2.48. The largest absolute Gasteiger partial charge is 0.474 e. The fraction of sp³-hybridized carbons (Fsp3) is 0.600. The van der Waals surface area contributed by atoms with Crippen LogP contribution >= 0.6 is 0 Å². The Morgan fingerprint density at radius 1 is 1.50 bits per heavy atom. The third kappa shape index (κ3) is 1.78. The number of aryl methyl sites for hydroxylation is 1. The molecule has 1 aromatic heterocycles. The molecule has 76 valence electrons. The van der Waals surface area contributed by atoms with Crippen LogP contribution in [0.5, 0.6) is 5.88 Å². The van der Waals surface area contributed by atoms with Crippen LogP contribution in [0, 0.1) is 6.92 Å². The number of nitrogens with one attached hydrogen (secondary N) is 1. The van der Waals surface area contributed by atoms with E-state index in [0.29, 0.717) is 17.9 Å². The van der Waals surface area contributed by atoms with Gasteiger partial charge in [0.25, 0.3) is 0 Å². The molecule has 1 N–H and O–H groups in total. The van der Waals surface area contributed by atoms with Crippen molar-refractivity contribution in [3.63, 3.8) is 0 Å². The quantitative estimate of drug-likeness (QED) is 0.794. The minimum atomic E-state index is 0.369. The highest BCUT2D eigenvalue weighted by Gasteiger charge is 2.20. The fourth-order valence-electron chi connectivity index (χ4n) is 1.31. The Balaban J connectivity index is 2.13. The summed E-state index contributed by atoms with van der Waals surface area (Å²) in [4.78, 5) is 8.37. The minimum Gasteiger partial charge on any atom is -0.474 e. The van der Waals surface area contributed by atoms with Crippen LogP contribution < -0.4 is 10.1 Å². The van der Waals surface area contributed by atoms with Crippen LogP contribution in [0.2, 0.25) is 0 Å². The van der Waals surface area contributed by atoms with E-state index in [1.165, 1.54) is 6.42 Å². The first-order chi connectivity index (χ1) is 6.79. The van der Waals surface area contributed by atoms with E-state index in [1.54, 1.807) is 13.2 Å². The van der Waals surface area contributed by atoms with Gasteiger partial charge in [-0.05, 0) is 26.2 Å². The highest BCUT2D eigenvalue weighted by atomic mass is 16.5. The Bertz CT molecular complexity index is 323. The number of hydrogen-bond acceptors (Lipinski definition) is 4. The Morgan fingerprint density at radius 2 is 2.29 bits per heavy atom. The molecule has 1 aliphatic rings. The Kier molecular flexibility index (Phi) is 2.52.